The molecule has 21 heavy (non-hydrogen) atoms. The normalized spacial score (nSPS) is 12.4. The van der Waals surface area contributed by atoms with E-state index in [4.69, 9.17) is 21.1 Å². The second-order valence-electron chi connectivity index (χ2n) is 4.62. The molecule has 1 unspecified atom stereocenters. The summed E-state index contributed by atoms with van der Waals surface area (Å²) < 4.78 is 12.2. The Morgan fingerprint density at radius 2 is 2.24 bits per heavy atom. The van der Waals surface area contributed by atoms with E-state index in [0.29, 0.717) is 13.2 Å². The van der Waals surface area contributed by atoms with Crippen LogP contribution in [0.5, 0.6) is 5.75 Å². The highest BCUT2D eigenvalue weighted by Gasteiger charge is 2.18. The SMILES string of the molecule is CCOc1cccc2c1nc(C(C)Cl)n2CCC(=O)OC. The summed E-state index contributed by atoms with van der Waals surface area (Å²) in [5.74, 6) is 1.19. The first kappa shape index (κ1) is 15.6. The number of aryl methyl sites for hydroxylation is 1. The van der Waals surface area contributed by atoms with Gasteiger partial charge < -0.3 is 14.0 Å². The largest absolute Gasteiger partial charge is 0.492 e. The van der Waals surface area contributed by atoms with Crippen LogP contribution in [0.4, 0.5) is 0 Å². The van der Waals surface area contributed by atoms with Crippen molar-refractivity contribution in [3.05, 3.63) is 24.0 Å². The maximum Gasteiger partial charge on any atom is 0.307 e. The Labute approximate surface area is 128 Å². The maximum atomic E-state index is 11.4. The Hall–Kier alpha value is -1.75. The third-order valence-corrected chi connectivity index (χ3v) is 3.39. The van der Waals surface area contributed by atoms with Crippen molar-refractivity contribution in [3.8, 4) is 5.75 Å². The summed E-state index contributed by atoms with van der Waals surface area (Å²) in [5, 5.41) is -0.260. The lowest BCUT2D eigenvalue weighted by Crippen LogP contribution is -2.10. The molecule has 1 aromatic carbocycles. The number of ether oxygens (including phenoxy) is 2. The number of aromatic nitrogens is 2. The minimum atomic E-state index is -0.260. The molecule has 0 fully saturated rings. The molecule has 5 nitrogen and oxygen atoms in total. The number of carbonyl (C=O) groups is 1. The predicted octanol–water partition coefficient (Wildman–Crippen LogP) is 3.30. The van der Waals surface area contributed by atoms with Crippen LogP contribution < -0.4 is 4.74 Å². The molecule has 0 amide bonds. The van der Waals surface area contributed by atoms with Crippen LogP contribution in [-0.2, 0) is 16.1 Å². The van der Waals surface area contributed by atoms with Crippen LogP contribution in [0.15, 0.2) is 18.2 Å². The average molecular weight is 311 g/mol. The first-order valence-electron chi connectivity index (χ1n) is 6.91. The third-order valence-electron chi connectivity index (χ3n) is 3.19. The first-order chi connectivity index (χ1) is 10.1. The molecule has 0 aliphatic carbocycles. The summed E-state index contributed by atoms with van der Waals surface area (Å²) in [6.07, 6.45) is 0.275. The monoisotopic (exact) mass is 310 g/mol. The molecule has 0 bridgehead atoms. The zero-order chi connectivity index (χ0) is 15.4. The fraction of sp³-hybridized carbons (Fsp3) is 0.467. The molecule has 0 radical (unpaired) electrons. The van der Waals surface area contributed by atoms with E-state index >= 15 is 0 Å². The van der Waals surface area contributed by atoms with Gasteiger partial charge in [0.15, 0.2) is 0 Å². The van der Waals surface area contributed by atoms with E-state index in [1.165, 1.54) is 7.11 Å². The van der Waals surface area contributed by atoms with Crippen LogP contribution in [-0.4, -0.2) is 29.2 Å². The molecule has 0 N–H and O–H groups in total. The van der Waals surface area contributed by atoms with Gasteiger partial charge in [0.05, 0.1) is 31.0 Å². The standard InChI is InChI=1S/C15H19ClN2O3/c1-4-21-12-7-5-6-11-14(12)17-15(10(2)16)18(11)9-8-13(19)20-3/h5-7,10H,4,8-9H2,1-3H3. The molecule has 2 rings (SSSR count). The molecule has 2 aromatic rings. The number of benzene rings is 1. The van der Waals surface area contributed by atoms with Crippen molar-refractivity contribution in [2.45, 2.75) is 32.2 Å². The molecule has 1 heterocycles. The fourth-order valence-corrected chi connectivity index (χ4v) is 2.42. The molecular weight excluding hydrogens is 292 g/mol. The van der Waals surface area contributed by atoms with E-state index in [-0.39, 0.29) is 17.8 Å². The summed E-state index contributed by atoms with van der Waals surface area (Å²) in [7, 11) is 1.38. The summed E-state index contributed by atoms with van der Waals surface area (Å²) in [6, 6.07) is 5.74. The Morgan fingerprint density at radius 1 is 1.48 bits per heavy atom. The van der Waals surface area contributed by atoms with Gasteiger partial charge in [0.1, 0.15) is 17.1 Å². The number of hydrogen-bond acceptors (Lipinski definition) is 4. The van der Waals surface area contributed by atoms with Crippen molar-refractivity contribution < 1.29 is 14.3 Å². The van der Waals surface area contributed by atoms with Crippen molar-refractivity contribution in [1.82, 2.24) is 9.55 Å². The molecule has 0 aliphatic rings. The summed E-state index contributed by atoms with van der Waals surface area (Å²) in [4.78, 5) is 16.0. The van der Waals surface area contributed by atoms with Gasteiger partial charge in [-0.2, -0.15) is 0 Å². The molecule has 114 valence electrons. The van der Waals surface area contributed by atoms with E-state index in [9.17, 15) is 4.79 Å². The van der Waals surface area contributed by atoms with E-state index in [2.05, 4.69) is 4.98 Å². The Morgan fingerprint density at radius 3 is 2.86 bits per heavy atom. The van der Waals surface area contributed by atoms with E-state index < -0.39 is 0 Å². The van der Waals surface area contributed by atoms with Crippen LogP contribution >= 0.6 is 11.6 Å². The van der Waals surface area contributed by atoms with Crippen molar-refractivity contribution in [2.24, 2.45) is 0 Å². The third kappa shape index (κ3) is 3.29. The zero-order valence-electron chi connectivity index (χ0n) is 12.4. The van der Waals surface area contributed by atoms with Gasteiger partial charge in [-0.15, -0.1) is 11.6 Å². The molecule has 0 saturated carbocycles. The predicted molar refractivity (Wildman–Crippen MR) is 81.8 cm³/mol. The number of halogens is 1. The number of carbonyl (C=O) groups excluding carboxylic acids is 1. The van der Waals surface area contributed by atoms with Gasteiger partial charge in [0.25, 0.3) is 0 Å². The molecule has 6 heteroatoms. The summed E-state index contributed by atoms with van der Waals surface area (Å²) >= 11 is 6.22. The number of fused-ring (bicyclic) bond motifs is 1. The van der Waals surface area contributed by atoms with Gasteiger partial charge in [0, 0.05) is 6.54 Å². The number of para-hydroxylation sites is 1. The van der Waals surface area contributed by atoms with E-state index in [0.717, 1.165) is 22.6 Å². The first-order valence-corrected chi connectivity index (χ1v) is 7.35. The smallest absolute Gasteiger partial charge is 0.307 e. The molecular formula is C15H19ClN2O3. The average Bonchev–Trinajstić information content (AvgIpc) is 2.85. The van der Waals surface area contributed by atoms with Gasteiger partial charge in [-0.25, -0.2) is 4.98 Å². The van der Waals surface area contributed by atoms with E-state index in [1.807, 2.05) is 36.6 Å². The van der Waals surface area contributed by atoms with Crippen LogP contribution in [0.3, 0.4) is 0 Å². The van der Waals surface area contributed by atoms with Gasteiger partial charge in [-0.3, -0.25) is 4.79 Å². The van der Waals surface area contributed by atoms with Crippen LogP contribution in [0.2, 0.25) is 0 Å². The topological polar surface area (TPSA) is 53.4 Å². The quantitative estimate of drug-likeness (QED) is 0.607. The van der Waals surface area contributed by atoms with Crippen molar-refractivity contribution in [3.63, 3.8) is 0 Å². The van der Waals surface area contributed by atoms with Gasteiger partial charge in [-0.05, 0) is 26.0 Å². The van der Waals surface area contributed by atoms with Gasteiger partial charge in [0.2, 0.25) is 0 Å². The summed E-state index contributed by atoms with van der Waals surface area (Å²) in [5.41, 5.74) is 1.68. The lowest BCUT2D eigenvalue weighted by atomic mass is 10.3. The highest BCUT2D eigenvalue weighted by Crippen LogP contribution is 2.30. The number of nitrogens with zero attached hydrogens (tertiary/aromatic N) is 2. The van der Waals surface area contributed by atoms with Crippen LogP contribution in [0.1, 0.15) is 31.5 Å². The molecule has 0 aliphatic heterocycles. The number of hydrogen-bond donors (Lipinski definition) is 0. The van der Waals surface area contributed by atoms with Crippen molar-refractivity contribution in [2.75, 3.05) is 13.7 Å². The van der Waals surface area contributed by atoms with Crippen molar-refractivity contribution in [1.29, 1.82) is 0 Å². The maximum absolute atomic E-state index is 11.4. The van der Waals surface area contributed by atoms with Crippen LogP contribution in [0.25, 0.3) is 11.0 Å². The minimum Gasteiger partial charge on any atom is -0.492 e. The number of esters is 1. The lowest BCUT2D eigenvalue weighted by Gasteiger charge is -2.09. The molecule has 1 aromatic heterocycles. The second kappa shape index (κ2) is 6.80. The Balaban J connectivity index is 2.47. The minimum absolute atomic E-state index is 0.258. The Kier molecular flexibility index (Phi) is 5.07. The number of methoxy groups -OCH3 is 1. The summed E-state index contributed by atoms with van der Waals surface area (Å²) in [6.45, 7) is 4.83. The molecule has 0 saturated heterocycles. The number of alkyl halides is 1. The van der Waals surface area contributed by atoms with Crippen molar-refractivity contribution >= 4 is 28.6 Å². The number of imidazole rings is 1. The lowest BCUT2D eigenvalue weighted by molar-refractivity contribution is -0.140. The highest BCUT2D eigenvalue weighted by atomic mass is 35.5. The van der Waals surface area contributed by atoms with Crippen LogP contribution in [0, 0.1) is 0 Å². The Bertz CT molecular complexity index is 637. The second-order valence-corrected chi connectivity index (χ2v) is 5.28. The molecule has 1 atom stereocenters. The molecule has 0 spiro atoms. The fourth-order valence-electron chi connectivity index (χ4n) is 2.26. The number of rotatable bonds is 6. The van der Waals surface area contributed by atoms with E-state index in [1.54, 1.807) is 0 Å². The zero-order valence-corrected chi connectivity index (χ0v) is 13.2. The highest BCUT2D eigenvalue weighted by molar-refractivity contribution is 6.20. The van der Waals surface area contributed by atoms with Gasteiger partial charge in [-0.1, -0.05) is 6.07 Å². The van der Waals surface area contributed by atoms with Gasteiger partial charge >= 0.3 is 5.97 Å².